The molecule has 2 aromatic rings. The molecule has 0 bridgehead atoms. The highest BCUT2D eigenvalue weighted by molar-refractivity contribution is 9.11. The first kappa shape index (κ1) is 17.3. The van der Waals surface area contributed by atoms with E-state index in [1.54, 1.807) is 17.0 Å². The lowest BCUT2D eigenvalue weighted by molar-refractivity contribution is -0.605. The first-order chi connectivity index (χ1) is 11.4. The molecule has 1 amide bonds. The average Bonchev–Trinajstić information content (AvgIpc) is 3.02. The second-order valence-electron chi connectivity index (χ2n) is 5.20. The van der Waals surface area contributed by atoms with Gasteiger partial charge in [-0.25, -0.2) is 8.42 Å². The molecule has 0 aromatic carbocycles. The highest BCUT2D eigenvalue weighted by Gasteiger charge is 2.31. The molecule has 128 valence electrons. The zero-order valence-corrected chi connectivity index (χ0v) is 15.7. The fourth-order valence-corrected chi connectivity index (χ4v) is 6.02. The molecule has 0 saturated carbocycles. The summed E-state index contributed by atoms with van der Waals surface area (Å²) in [5.41, 5.74) is 0.417. The molecule has 0 aliphatic carbocycles. The van der Waals surface area contributed by atoms with E-state index < -0.39 is 10.0 Å². The third-order valence-corrected chi connectivity index (χ3v) is 7.71. The summed E-state index contributed by atoms with van der Waals surface area (Å²) in [6, 6.07) is 6.20. The maximum Gasteiger partial charge on any atom is 0.254 e. The molecule has 24 heavy (non-hydrogen) atoms. The van der Waals surface area contributed by atoms with Crippen LogP contribution in [-0.2, 0) is 10.0 Å². The standard InChI is InChI=1S/C14H14BrN3O4S2/c15-12-1-2-13(23-12)24(21,22)18-9-7-16(8-10-18)14(19)11-3-5-17(20)6-4-11/h1-6H,7-10H2. The van der Waals surface area contributed by atoms with Crippen molar-refractivity contribution in [3.8, 4) is 0 Å². The quantitative estimate of drug-likeness (QED) is 0.541. The van der Waals surface area contributed by atoms with Crippen molar-refractivity contribution in [2.45, 2.75) is 4.21 Å². The van der Waals surface area contributed by atoms with Crippen molar-refractivity contribution in [1.29, 1.82) is 0 Å². The first-order valence-electron chi connectivity index (χ1n) is 7.11. The molecule has 3 rings (SSSR count). The summed E-state index contributed by atoms with van der Waals surface area (Å²) in [6.07, 6.45) is 2.53. The lowest BCUT2D eigenvalue weighted by Crippen LogP contribution is -2.50. The van der Waals surface area contributed by atoms with Crippen molar-refractivity contribution in [1.82, 2.24) is 9.21 Å². The summed E-state index contributed by atoms with van der Waals surface area (Å²) in [6.45, 7) is 1.13. The van der Waals surface area contributed by atoms with Crippen LogP contribution in [0.3, 0.4) is 0 Å². The van der Waals surface area contributed by atoms with Gasteiger partial charge in [-0.2, -0.15) is 9.04 Å². The van der Waals surface area contributed by atoms with E-state index in [1.165, 1.54) is 40.2 Å². The van der Waals surface area contributed by atoms with Gasteiger partial charge < -0.3 is 10.1 Å². The van der Waals surface area contributed by atoms with Crippen molar-refractivity contribution in [2.75, 3.05) is 26.2 Å². The topological polar surface area (TPSA) is 84.6 Å². The Labute approximate surface area is 151 Å². The monoisotopic (exact) mass is 431 g/mol. The minimum atomic E-state index is -3.52. The summed E-state index contributed by atoms with van der Waals surface area (Å²) < 4.78 is 28.2. The number of carbonyl (C=O) groups is 1. The molecular weight excluding hydrogens is 418 g/mol. The Bertz CT molecular complexity index is 843. The summed E-state index contributed by atoms with van der Waals surface area (Å²) in [5.74, 6) is -0.202. The van der Waals surface area contributed by atoms with Crippen LogP contribution in [0.1, 0.15) is 10.4 Å². The van der Waals surface area contributed by atoms with Crippen LogP contribution >= 0.6 is 27.3 Å². The summed E-state index contributed by atoms with van der Waals surface area (Å²) >= 11 is 4.44. The van der Waals surface area contributed by atoms with Gasteiger partial charge in [-0.3, -0.25) is 4.79 Å². The van der Waals surface area contributed by atoms with E-state index >= 15 is 0 Å². The number of amides is 1. The van der Waals surface area contributed by atoms with Gasteiger partial charge in [0, 0.05) is 38.3 Å². The molecule has 1 saturated heterocycles. The number of hydrogen-bond acceptors (Lipinski definition) is 5. The number of halogens is 1. The van der Waals surface area contributed by atoms with Gasteiger partial charge in [0.15, 0.2) is 12.4 Å². The molecule has 0 spiro atoms. The Morgan fingerprint density at radius 1 is 1.12 bits per heavy atom. The number of thiophene rings is 1. The Hall–Kier alpha value is -1.49. The van der Waals surface area contributed by atoms with Gasteiger partial charge in [0.25, 0.3) is 15.9 Å². The zero-order chi connectivity index (χ0) is 17.3. The van der Waals surface area contributed by atoms with E-state index in [1.807, 2.05) is 0 Å². The first-order valence-corrected chi connectivity index (χ1v) is 10.2. The fraction of sp³-hybridized carbons (Fsp3) is 0.286. The number of carbonyl (C=O) groups excluding carboxylic acids is 1. The van der Waals surface area contributed by atoms with Crippen LogP contribution in [-0.4, -0.2) is 49.7 Å². The maximum atomic E-state index is 12.6. The number of piperazine rings is 1. The number of pyridine rings is 1. The van der Waals surface area contributed by atoms with Crippen molar-refractivity contribution in [2.24, 2.45) is 0 Å². The Morgan fingerprint density at radius 2 is 1.75 bits per heavy atom. The van der Waals surface area contributed by atoms with Gasteiger partial charge >= 0.3 is 0 Å². The van der Waals surface area contributed by atoms with E-state index in [-0.39, 0.29) is 23.2 Å². The van der Waals surface area contributed by atoms with Crippen LogP contribution in [0, 0.1) is 5.21 Å². The predicted octanol–water partition coefficient (Wildman–Crippen LogP) is 1.29. The zero-order valence-electron chi connectivity index (χ0n) is 12.5. The van der Waals surface area contributed by atoms with Crippen LogP contribution in [0.2, 0.25) is 0 Å². The number of rotatable bonds is 3. The van der Waals surface area contributed by atoms with Crippen molar-refractivity contribution in [3.05, 3.63) is 51.2 Å². The fourth-order valence-electron chi connectivity index (χ4n) is 2.43. The van der Waals surface area contributed by atoms with Gasteiger partial charge in [-0.05, 0) is 28.1 Å². The van der Waals surface area contributed by atoms with Crippen molar-refractivity contribution >= 4 is 43.2 Å². The Balaban J connectivity index is 1.67. The molecule has 2 aromatic heterocycles. The predicted molar refractivity (Wildman–Crippen MR) is 92.1 cm³/mol. The minimum Gasteiger partial charge on any atom is -0.619 e. The van der Waals surface area contributed by atoms with Crippen LogP contribution < -0.4 is 4.73 Å². The number of nitrogens with zero attached hydrogens (tertiary/aromatic N) is 3. The number of aromatic nitrogens is 1. The molecule has 1 aliphatic heterocycles. The van der Waals surface area contributed by atoms with Crippen LogP contribution in [0.4, 0.5) is 0 Å². The molecule has 1 aliphatic rings. The van der Waals surface area contributed by atoms with E-state index in [0.717, 1.165) is 3.79 Å². The minimum absolute atomic E-state index is 0.202. The lowest BCUT2D eigenvalue weighted by atomic mass is 10.2. The molecule has 1 fully saturated rings. The second-order valence-corrected chi connectivity index (χ2v) is 9.83. The normalized spacial score (nSPS) is 16.3. The van der Waals surface area contributed by atoms with E-state index in [4.69, 9.17) is 0 Å². The van der Waals surface area contributed by atoms with E-state index in [2.05, 4.69) is 15.9 Å². The Kier molecular flexibility index (Phi) is 4.90. The molecule has 0 radical (unpaired) electrons. The summed E-state index contributed by atoms with van der Waals surface area (Å²) in [4.78, 5) is 14.0. The van der Waals surface area contributed by atoms with Crippen LogP contribution in [0.25, 0.3) is 0 Å². The highest BCUT2D eigenvalue weighted by Crippen LogP contribution is 2.29. The van der Waals surface area contributed by atoms with Gasteiger partial charge in [0.1, 0.15) is 4.21 Å². The van der Waals surface area contributed by atoms with Gasteiger partial charge in [-0.15, -0.1) is 11.3 Å². The molecule has 3 heterocycles. The molecule has 0 atom stereocenters. The van der Waals surface area contributed by atoms with E-state index in [9.17, 15) is 18.4 Å². The van der Waals surface area contributed by atoms with Gasteiger partial charge in [0.2, 0.25) is 0 Å². The number of hydrogen-bond donors (Lipinski definition) is 0. The van der Waals surface area contributed by atoms with Crippen LogP contribution in [0.15, 0.2) is 44.7 Å². The van der Waals surface area contributed by atoms with E-state index in [0.29, 0.717) is 23.4 Å². The van der Waals surface area contributed by atoms with Crippen LogP contribution in [0.5, 0.6) is 0 Å². The third-order valence-electron chi connectivity index (χ3n) is 3.72. The van der Waals surface area contributed by atoms with Crippen molar-refractivity contribution < 1.29 is 17.9 Å². The average molecular weight is 432 g/mol. The Morgan fingerprint density at radius 3 is 2.29 bits per heavy atom. The molecule has 7 nitrogen and oxygen atoms in total. The highest BCUT2D eigenvalue weighted by atomic mass is 79.9. The lowest BCUT2D eigenvalue weighted by Gasteiger charge is -2.33. The number of sulfonamides is 1. The van der Waals surface area contributed by atoms with Gasteiger partial charge in [0.05, 0.1) is 9.35 Å². The SMILES string of the molecule is O=C(c1cc[n+]([O-])cc1)N1CCN(S(=O)(=O)c2ccc(Br)s2)CC1. The molecular formula is C14H14BrN3O4S2. The van der Waals surface area contributed by atoms with Crippen molar-refractivity contribution in [3.63, 3.8) is 0 Å². The third kappa shape index (κ3) is 3.46. The second kappa shape index (κ2) is 6.79. The largest absolute Gasteiger partial charge is 0.619 e. The smallest absolute Gasteiger partial charge is 0.254 e. The summed E-state index contributed by atoms with van der Waals surface area (Å²) in [5, 5.41) is 11.0. The molecule has 0 N–H and O–H groups in total. The summed E-state index contributed by atoms with van der Waals surface area (Å²) in [7, 11) is -3.52. The van der Waals surface area contributed by atoms with Gasteiger partial charge in [-0.1, -0.05) is 0 Å². The maximum absolute atomic E-state index is 12.6. The molecule has 0 unspecified atom stereocenters. The molecule has 10 heteroatoms.